The summed E-state index contributed by atoms with van der Waals surface area (Å²) >= 11 is 0. The Morgan fingerprint density at radius 1 is 1.44 bits per heavy atom. The Bertz CT molecular complexity index is 370. The summed E-state index contributed by atoms with van der Waals surface area (Å²) in [6.45, 7) is 0. The first-order chi connectivity index (χ1) is 7.66. The molecule has 1 fully saturated rings. The van der Waals surface area contributed by atoms with E-state index in [1.165, 1.54) is 0 Å². The van der Waals surface area contributed by atoms with Gasteiger partial charge >= 0.3 is 5.97 Å². The third-order valence-corrected chi connectivity index (χ3v) is 3.03. The molecule has 2 rings (SSSR count). The van der Waals surface area contributed by atoms with Gasteiger partial charge in [0.1, 0.15) is 0 Å². The van der Waals surface area contributed by atoms with Gasteiger partial charge in [-0.15, -0.1) is 0 Å². The third-order valence-electron chi connectivity index (χ3n) is 3.03. The molecule has 0 bridgehead atoms. The summed E-state index contributed by atoms with van der Waals surface area (Å²) in [7, 11) is 1.77. The summed E-state index contributed by atoms with van der Waals surface area (Å²) in [4.78, 5) is 10.8. The Labute approximate surface area is 92.8 Å². The van der Waals surface area contributed by atoms with Crippen LogP contribution in [0.3, 0.4) is 0 Å². The van der Waals surface area contributed by atoms with E-state index in [9.17, 15) is 4.79 Å². The number of anilines is 1. The Hall–Kier alpha value is -1.66. The van der Waals surface area contributed by atoms with Crippen molar-refractivity contribution in [1.82, 2.24) is 20.2 Å². The van der Waals surface area contributed by atoms with Crippen molar-refractivity contribution in [1.29, 1.82) is 0 Å². The number of tetrazole rings is 1. The van der Waals surface area contributed by atoms with Crippen LogP contribution in [0.15, 0.2) is 0 Å². The number of rotatable bonds is 3. The van der Waals surface area contributed by atoms with Crippen molar-refractivity contribution in [2.24, 2.45) is 13.0 Å². The van der Waals surface area contributed by atoms with Crippen LogP contribution in [0.2, 0.25) is 0 Å². The number of aryl methyl sites for hydroxylation is 1. The maximum atomic E-state index is 10.8. The number of carboxylic acid groups (broad SMARTS) is 1. The fourth-order valence-corrected chi connectivity index (χ4v) is 2.02. The molecule has 1 aromatic heterocycles. The lowest BCUT2D eigenvalue weighted by atomic mass is 9.86. The van der Waals surface area contributed by atoms with Crippen LogP contribution in [0.25, 0.3) is 0 Å². The highest BCUT2D eigenvalue weighted by molar-refractivity contribution is 5.70. The standard InChI is InChI=1S/C9H15N5O2/c1-14-9(11-12-13-14)10-7-4-2-6(3-5-7)8(15)16/h6-7H,2-5H2,1H3,(H,15,16)(H,10,11,13). The predicted molar refractivity (Wildman–Crippen MR) is 55.8 cm³/mol. The fourth-order valence-electron chi connectivity index (χ4n) is 2.02. The molecule has 0 spiro atoms. The number of hydrogen-bond donors (Lipinski definition) is 2. The van der Waals surface area contributed by atoms with Crippen molar-refractivity contribution in [3.63, 3.8) is 0 Å². The molecule has 1 saturated carbocycles. The number of nitrogens with zero attached hydrogens (tertiary/aromatic N) is 4. The zero-order valence-corrected chi connectivity index (χ0v) is 9.13. The monoisotopic (exact) mass is 225 g/mol. The van der Waals surface area contributed by atoms with Crippen molar-refractivity contribution in [3.05, 3.63) is 0 Å². The molecular formula is C9H15N5O2. The lowest BCUT2D eigenvalue weighted by molar-refractivity contribution is -0.142. The summed E-state index contributed by atoms with van der Waals surface area (Å²) in [6, 6.07) is 0.278. The molecule has 0 aliphatic heterocycles. The average molecular weight is 225 g/mol. The van der Waals surface area contributed by atoms with Crippen LogP contribution in [-0.4, -0.2) is 37.3 Å². The Morgan fingerprint density at radius 2 is 2.12 bits per heavy atom. The zero-order valence-electron chi connectivity index (χ0n) is 9.13. The Balaban J connectivity index is 1.86. The highest BCUT2D eigenvalue weighted by Crippen LogP contribution is 2.25. The normalized spacial score (nSPS) is 25.3. The summed E-state index contributed by atoms with van der Waals surface area (Å²) in [6.07, 6.45) is 3.14. The fraction of sp³-hybridized carbons (Fsp3) is 0.778. The van der Waals surface area contributed by atoms with E-state index in [0.29, 0.717) is 5.95 Å². The molecule has 0 unspecified atom stereocenters. The molecule has 1 aromatic rings. The number of carboxylic acids is 1. The van der Waals surface area contributed by atoms with Gasteiger partial charge in [-0.25, -0.2) is 4.68 Å². The number of aromatic nitrogens is 4. The maximum absolute atomic E-state index is 10.8. The van der Waals surface area contributed by atoms with Gasteiger partial charge in [-0.1, -0.05) is 5.10 Å². The van der Waals surface area contributed by atoms with Crippen LogP contribution in [-0.2, 0) is 11.8 Å². The van der Waals surface area contributed by atoms with Crippen molar-refractivity contribution < 1.29 is 9.90 Å². The van der Waals surface area contributed by atoms with Gasteiger partial charge in [0.15, 0.2) is 0 Å². The van der Waals surface area contributed by atoms with Gasteiger partial charge in [0.2, 0.25) is 5.95 Å². The van der Waals surface area contributed by atoms with Crippen LogP contribution in [0, 0.1) is 5.92 Å². The van der Waals surface area contributed by atoms with Crippen molar-refractivity contribution in [2.45, 2.75) is 31.7 Å². The second kappa shape index (κ2) is 4.46. The van der Waals surface area contributed by atoms with Gasteiger partial charge in [0.25, 0.3) is 0 Å². The van der Waals surface area contributed by atoms with Gasteiger partial charge in [0.05, 0.1) is 5.92 Å². The smallest absolute Gasteiger partial charge is 0.306 e. The first kappa shape index (κ1) is 10.8. The second-order valence-electron chi connectivity index (χ2n) is 4.16. The molecular weight excluding hydrogens is 210 g/mol. The lowest BCUT2D eigenvalue weighted by Crippen LogP contribution is -2.30. The molecule has 88 valence electrons. The molecule has 0 atom stereocenters. The van der Waals surface area contributed by atoms with Crippen LogP contribution in [0.1, 0.15) is 25.7 Å². The molecule has 1 aliphatic rings. The van der Waals surface area contributed by atoms with E-state index in [-0.39, 0.29) is 12.0 Å². The summed E-state index contributed by atoms with van der Waals surface area (Å²) in [5.74, 6) is -0.228. The van der Waals surface area contributed by atoms with E-state index in [1.807, 2.05) is 0 Å². The molecule has 0 aromatic carbocycles. The van der Waals surface area contributed by atoms with E-state index in [0.717, 1.165) is 25.7 Å². The molecule has 7 heteroatoms. The SMILES string of the molecule is Cn1nnnc1NC1CCC(C(=O)O)CC1. The molecule has 2 N–H and O–H groups in total. The highest BCUT2D eigenvalue weighted by Gasteiger charge is 2.26. The molecule has 1 aliphatic carbocycles. The molecule has 16 heavy (non-hydrogen) atoms. The Kier molecular flexibility index (Phi) is 3.02. The average Bonchev–Trinajstić information content (AvgIpc) is 2.65. The van der Waals surface area contributed by atoms with Gasteiger partial charge in [-0.3, -0.25) is 4.79 Å². The highest BCUT2D eigenvalue weighted by atomic mass is 16.4. The maximum Gasteiger partial charge on any atom is 0.306 e. The minimum absolute atomic E-state index is 0.185. The van der Waals surface area contributed by atoms with Crippen LogP contribution >= 0.6 is 0 Å². The van der Waals surface area contributed by atoms with Crippen molar-refractivity contribution >= 4 is 11.9 Å². The number of carbonyl (C=O) groups is 1. The number of nitrogens with one attached hydrogen (secondary N) is 1. The lowest BCUT2D eigenvalue weighted by Gasteiger charge is -2.26. The topological polar surface area (TPSA) is 92.9 Å². The largest absolute Gasteiger partial charge is 0.481 e. The van der Waals surface area contributed by atoms with E-state index >= 15 is 0 Å². The van der Waals surface area contributed by atoms with Gasteiger partial charge in [-0.2, -0.15) is 0 Å². The van der Waals surface area contributed by atoms with Gasteiger partial charge < -0.3 is 10.4 Å². The Morgan fingerprint density at radius 3 is 2.62 bits per heavy atom. The number of hydrogen-bond acceptors (Lipinski definition) is 5. The molecule has 0 radical (unpaired) electrons. The summed E-state index contributed by atoms with van der Waals surface area (Å²) < 4.78 is 1.57. The number of aliphatic carboxylic acids is 1. The quantitative estimate of drug-likeness (QED) is 0.766. The third kappa shape index (κ3) is 2.29. The van der Waals surface area contributed by atoms with Crippen LogP contribution in [0.5, 0.6) is 0 Å². The van der Waals surface area contributed by atoms with Gasteiger partial charge in [0, 0.05) is 13.1 Å². The summed E-state index contributed by atoms with van der Waals surface area (Å²) in [5, 5.41) is 23.2. The second-order valence-corrected chi connectivity index (χ2v) is 4.16. The van der Waals surface area contributed by atoms with Crippen molar-refractivity contribution in [3.8, 4) is 0 Å². The van der Waals surface area contributed by atoms with E-state index in [1.54, 1.807) is 11.7 Å². The van der Waals surface area contributed by atoms with Crippen LogP contribution in [0.4, 0.5) is 5.95 Å². The molecule has 7 nitrogen and oxygen atoms in total. The van der Waals surface area contributed by atoms with E-state index < -0.39 is 5.97 Å². The molecule has 1 heterocycles. The van der Waals surface area contributed by atoms with Crippen molar-refractivity contribution in [2.75, 3.05) is 5.32 Å². The molecule has 0 amide bonds. The first-order valence-electron chi connectivity index (χ1n) is 5.38. The predicted octanol–water partition coefficient (Wildman–Crippen LogP) is 0.265. The zero-order chi connectivity index (χ0) is 11.5. The van der Waals surface area contributed by atoms with E-state index in [2.05, 4.69) is 20.8 Å². The minimum atomic E-state index is -0.682. The summed E-state index contributed by atoms with van der Waals surface area (Å²) in [5.41, 5.74) is 0. The van der Waals surface area contributed by atoms with Crippen LogP contribution < -0.4 is 5.32 Å². The van der Waals surface area contributed by atoms with Gasteiger partial charge in [-0.05, 0) is 36.1 Å². The molecule has 0 saturated heterocycles. The first-order valence-corrected chi connectivity index (χ1v) is 5.38. The minimum Gasteiger partial charge on any atom is -0.481 e. The van der Waals surface area contributed by atoms with E-state index in [4.69, 9.17) is 5.11 Å².